The number of anilines is 2. The minimum atomic E-state index is 0.876. The van der Waals surface area contributed by atoms with Crippen LogP contribution in [-0.4, -0.2) is 13.1 Å². The first-order chi connectivity index (χ1) is 9.33. The summed E-state index contributed by atoms with van der Waals surface area (Å²) in [6, 6.07) is 10.9. The molecule has 0 atom stereocenters. The summed E-state index contributed by atoms with van der Waals surface area (Å²) in [6.45, 7) is 3.28. The number of nitrogens with one attached hydrogen (secondary N) is 1. The molecule has 0 saturated carbocycles. The minimum absolute atomic E-state index is 0.876. The number of rotatable bonds is 4. The second-order valence-corrected chi connectivity index (χ2v) is 6.64. The Balaban J connectivity index is 1.61. The summed E-state index contributed by atoms with van der Waals surface area (Å²) >= 11 is 5.33. The van der Waals surface area contributed by atoms with Crippen LogP contribution < -0.4 is 10.2 Å². The number of hydrogen-bond acceptors (Lipinski definition) is 3. The van der Waals surface area contributed by atoms with E-state index in [-0.39, 0.29) is 0 Å². The molecule has 1 N–H and O–H groups in total. The van der Waals surface area contributed by atoms with E-state index in [0.717, 1.165) is 6.54 Å². The number of thiophene rings is 1. The second kappa shape index (κ2) is 5.97. The number of nitrogens with zero attached hydrogens (tertiary/aromatic N) is 1. The maximum atomic E-state index is 3.56. The van der Waals surface area contributed by atoms with Crippen molar-refractivity contribution in [3.8, 4) is 0 Å². The Hall–Kier alpha value is -1.00. The molecule has 0 radical (unpaired) electrons. The number of benzene rings is 1. The highest BCUT2D eigenvalue weighted by Gasteiger charge is 2.11. The van der Waals surface area contributed by atoms with Crippen molar-refractivity contribution in [1.82, 2.24) is 0 Å². The third-order valence-electron chi connectivity index (χ3n) is 3.48. The molecule has 0 unspecified atom stereocenters. The highest BCUT2D eigenvalue weighted by molar-refractivity contribution is 9.10. The molecule has 0 aliphatic carbocycles. The number of halogens is 1. The maximum absolute atomic E-state index is 3.56. The molecule has 0 bridgehead atoms. The molecular weight excluding hydrogens is 320 g/mol. The first-order valence-electron chi connectivity index (χ1n) is 6.64. The Morgan fingerprint density at radius 1 is 1.11 bits per heavy atom. The fraction of sp³-hybridized carbons (Fsp3) is 0.333. The van der Waals surface area contributed by atoms with E-state index in [1.165, 1.54) is 46.7 Å². The molecule has 0 spiro atoms. The van der Waals surface area contributed by atoms with Crippen LogP contribution in [0.15, 0.2) is 40.2 Å². The molecule has 0 amide bonds. The van der Waals surface area contributed by atoms with Crippen molar-refractivity contribution < 1.29 is 0 Å². The molecule has 1 aromatic heterocycles. The lowest BCUT2D eigenvalue weighted by molar-refractivity contribution is 0.949. The predicted molar refractivity (Wildman–Crippen MR) is 87.2 cm³/mol. The Morgan fingerprint density at radius 3 is 2.47 bits per heavy atom. The molecular formula is C15H17BrN2S. The maximum Gasteiger partial charge on any atom is 0.0505 e. The van der Waals surface area contributed by atoms with Crippen LogP contribution in [0.1, 0.15) is 17.7 Å². The lowest BCUT2D eigenvalue weighted by Crippen LogP contribution is -2.17. The van der Waals surface area contributed by atoms with Crippen molar-refractivity contribution in [2.45, 2.75) is 19.4 Å². The summed E-state index contributed by atoms with van der Waals surface area (Å²) in [6.07, 6.45) is 2.65. The van der Waals surface area contributed by atoms with Crippen molar-refractivity contribution >= 4 is 38.6 Å². The van der Waals surface area contributed by atoms with Crippen LogP contribution in [-0.2, 0) is 6.54 Å². The summed E-state index contributed by atoms with van der Waals surface area (Å²) in [7, 11) is 0. The summed E-state index contributed by atoms with van der Waals surface area (Å²) in [5, 5.41) is 5.58. The Kier molecular flexibility index (Phi) is 4.09. The van der Waals surface area contributed by atoms with Crippen molar-refractivity contribution in [2.75, 3.05) is 23.3 Å². The second-order valence-electron chi connectivity index (χ2n) is 4.79. The fourth-order valence-corrected chi connectivity index (χ4v) is 3.83. The topological polar surface area (TPSA) is 15.3 Å². The molecule has 2 heterocycles. The van der Waals surface area contributed by atoms with Gasteiger partial charge in [-0.15, -0.1) is 11.3 Å². The van der Waals surface area contributed by atoms with Gasteiger partial charge in [0.05, 0.1) is 6.54 Å². The van der Waals surface area contributed by atoms with Gasteiger partial charge in [0.25, 0.3) is 0 Å². The number of hydrogen-bond donors (Lipinski definition) is 1. The molecule has 1 saturated heterocycles. The van der Waals surface area contributed by atoms with E-state index in [0.29, 0.717) is 0 Å². The van der Waals surface area contributed by atoms with Crippen molar-refractivity contribution in [3.63, 3.8) is 0 Å². The standard InChI is InChI=1S/C15H17BrN2S/c16-14-7-10-19-15(14)11-17-12-3-5-13(6-4-12)18-8-1-2-9-18/h3-7,10,17H,1-2,8-9,11H2. The van der Waals surface area contributed by atoms with Gasteiger partial charge in [-0.1, -0.05) is 0 Å². The van der Waals surface area contributed by atoms with Crippen LogP contribution in [0.25, 0.3) is 0 Å². The quantitative estimate of drug-likeness (QED) is 0.868. The highest BCUT2D eigenvalue weighted by atomic mass is 79.9. The van der Waals surface area contributed by atoms with E-state index < -0.39 is 0 Å². The van der Waals surface area contributed by atoms with Crippen LogP contribution in [0.2, 0.25) is 0 Å². The van der Waals surface area contributed by atoms with E-state index in [2.05, 4.69) is 61.9 Å². The molecule has 2 nitrogen and oxygen atoms in total. The van der Waals surface area contributed by atoms with Crippen LogP contribution >= 0.6 is 27.3 Å². The lowest BCUT2D eigenvalue weighted by Gasteiger charge is -2.17. The molecule has 1 aliphatic rings. The van der Waals surface area contributed by atoms with Gasteiger partial charge < -0.3 is 10.2 Å². The van der Waals surface area contributed by atoms with Gasteiger partial charge in [0, 0.05) is 33.8 Å². The zero-order valence-corrected chi connectivity index (χ0v) is 13.1. The van der Waals surface area contributed by atoms with E-state index in [9.17, 15) is 0 Å². The van der Waals surface area contributed by atoms with Crippen molar-refractivity contribution in [1.29, 1.82) is 0 Å². The first kappa shape index (κ1) is 13.0. The molecule has 4 heteroatoms. The van der Waals surface area contributed by atoms with Crippen molar-refractivity contribution in [2.24, 2.45) is 0 Å². The Labute approximate surface area is 126 Å². The molecule has 100 valence electrons. The molecule has 3 rings (SSSR count). The Bertz CT molecular complexity index is 529. The summed E-state index contributed by atoms with van der Waals surface area (Å²) in [4.78, 5) is 3.79. The third kappa shape index (κ3) is 3.12. The lowest BCUT2D eigenvalue weighted by atomic mass is 10.2. The average molecular weight is 337 g/mol. The first-order valence-corrected chi connectivity index (χ1v) is 8.31. The van der Waals surface area contributed by atoms with Gasteiger partial charge in [-0.3, -0.25) is 0 Å². The SMILES string of the molecule is Brc1ccsc1CNc1ccc(N2CCCC2)cc1. The van der Waals surface area contributed by atoms with Crippen LogP contribution in [0.5, 0.6) is 0 Å². The van der Waals surface area contributed by atoms with E-state index in [1.54, 1.807) is 11.3 Å². The van der Waals surface area contributed by atoms with Gasteiger partial charge in [0.1, 0.15) is 0 Å². The van der Waals surface area contributed by atoms with Gasteiger partial charge in [0.15, 0.2) is 0 Å². The highest BCUT2D eigenvalue weighted by Crippen LogP contribution is 2.25. The van der Waals surface area contributed by atoms with E-state index in [1.807, 2.05) is 0 Å². The molecule has 1 fully saturated rings. The van der Waals surface area contributed by atoms with Gasteiger partial charge in [-0.05, 0) is 64.5 Å². The van der Waals surface area contributed by atoms with E-state index in [4.69, 9.17) is 0 Å². The summed E-state index contributed by atoms with van der Waals surface area (Å²) in [5.41, 5.74) is 2.53. The molecule has 2 aromatic rings. The molecule has 1 aliphatic heterocycles. The molecule has 19 heavy (non-hydrogen) atoms. The van der Waals surface area contributed by atoms with Crippen LogP contribution in [0.3, 0.4) is 0 Å². The smallest absolute Gasteiger partial charge is 0.0505 e. The van der Waals surface area contributed by atoms with Crippen LogP contribution in [0.4, 0.5) is 11.4 Å². The Morgan fingerprint density at radius 2 is 1.84 bits per heavy atom. The fourth-order valence-electron chi connectivity index (χ4n) is 2.40. The van der Waals surface area contributed by atoms with Gasteiger partial charge >= 0.3 is 0 Å². The summed E-state index contributed by atoms with van der Waals surface area (Å²) < 4.78 is 1.19. The largest absolute Gasteiger partial charge is 0.380 e. The zero-order valence-electron chi connectivity index (χ0n) is 10.7. The zero-order chi connectivity index (χ0) is 13.1. The third-order valence-corrected chi connectivity index (χ3v) is 5.41. The normalized spacial score (nSPS) is 14.9. The minimum Gasteiger partial charge on any atom is -0.380 e. The van der Waals surface area contributed by atoms with E-state index >= 15 is 0 Å². The summed E-state index contributed by atoms with van der Waals surface area (Å²) in [5.74, 6) is 0. The average Bonchev–Trinajstić information content (AvgIpc) is 3.09. The monoisotopic (exact) mass is 336 g/mol. The van der Waals surface area contributed by atoms with Gasteiger partial charge in [-0.2, -0.15) is 0 Å². The van der Waals surface area contributed by atoms with Gasteiger partial charge in [-0.25, -0.2) is 0 Å². The van der Waals surface area contributed by atoms with Crippen LogP contribution in [0, 0.1) is 0 Å². The van der Waals surface area contributed by atoms with Gasteiger partial charge in [0.2, 0.25) is 0 Å². The molecule has 1 aromatic carbocycles. The van der Waals surface area contributed by atoms with Crippen molar-refractivity contribution in [3.05, 3.63) is 45.1 Å². The predicted octanol–water partition coefficient (Wildman–Crippen LogP) is 4.72.